The summed E-state index contributed by atoms with van der Waals surface area (Å²) in [4.78, 5) is 19.5. The first kappa shape index (κ1) is 10.9. The molecule has 2 rings (SSSR count). The van der Waals surface area contributed by atoms with Crippen molar-refractivity contribution in [1.29, 1.82) is 0 Å². The summed E-state index contributed by atoms with van der Waals surface area (Å²) < 4.78 is 0. The van der Waals surface area contributed by atoms with Crippen LogP contribution in [-0.2, 0) is 0 Å². The van der Waals surface area contributed by atoms with Gasteiger partial charge in [0.2, 0.25) is 0 Å². The molecule has 86 valence electrons. The van der Waals surface area contributed by atoms with Crippen molar-refractivity contribution in [2.45, 2.75) is 32.2 Å². The Labute approximate surface area is 94.5 Å². The number of nitrogens with two attached hydrogens (primary N) is 1. The molecule has 1 aromatic heterocycles. The van der Waals surface area contributed by atoms with Gasteiger partial charge in [-0.1, -0.05) is 12.8 Å². The van der Waals surface area contributed by atoms with Crippen LogP contribution >= 0.6 is 0 Å². The molecule has 1 saturated carbocycles. The smallest absolute Gasteiger partial charge is 0.271 e. The van der Waals surface area contributed by atoms with Crippen LogP contribution in [0.3, 0.4) is 0 Å². The van der Waals surface area contributed by atoms with E-state index in [9.17, 15) is 4.79 Å². The van der Waals surface area contributed by atoms with Crippen molar-refractivity contribution in [3.05, 3.63) is 18.1 Å². The maximum atomic E-state index is 11.7. The van der Waals surface area contributed by atoms with Gasteiger partial charge in [-0.05, 0) is 19.3 Å². The van der Waals surface area contributed by atoms with Crippen LogP contribution in [0, 0.1) is 5.92 Å². The molecule has 1 aliphatic rings. The van der Waals surface area contributed by atoms with Crippen molar-refractivity contribution in [3.63, 3.8) is 0 Å². The fourth-order valence-corrected chi connectivity index (χ4v) is 1.67. The van der Waals surface area contributed by atoms with Crippen molar-refractivity contribution in [2.75, 3.05) is 5.73 Å². The summed E-state index contributed by atoms with van der Waals surface area (Å²) in [6.07, 6.45) is 6.42. The van der Waals surface area contributed by atoms with E-state index in [0.717, 1.165) is 12.3 Å². The third kappa shape index (κ3) is 2.92. The summed E-state index contributed by atoms with van der Waals surface area (Å²) in [5.74, 6) is 0.941. The van der Waals surface area contributed by atoms with Crippen LogP contribution in [0.5, 0.6) is 0 Å². The van der Waals surface area contributed by atoms with Crippen molar-refractivity contribution in [1.82, 2.24) is 15.3 Å². The van der Waals surface area contributed by atoms with E-state index in [1.54, 1.807) is 0 Å². The summed E-state index contributed by atoms with van der Waals surface area (Å²) in [5, 5.41) is 2.90. The van der Waals surface area contributed by atoms with Gasteiger partial charge in [-0.25, -0.2) is 9.97 Å². The first-order valence-electron chi connectivity index (χ1n) is 5.53. The molecule has 5 nitrogen and oxygen atoms in total. The van der Waals surface area contributed by atoms with Gasteiger partial charge in [0.1, 0.15) is 11.5 Å². The second-order valence-corrected chi connectivity index (χ2v) is 4.38. The number of carbonyl (C=O) groups is 1. The second kappa shape index (κ2) is 4.47. The molecule has 1 aromatic rings. The third-order valence-corrected chi connectivity index (χ3v) is 2.67. The predicted molar refractivity (Wildman–Crippen MR) is 60.7 cm³/mol. The number of hydrogen-bond acceptors (Lipinski definition) is 4. The van der Waals surface area contributed by atoms with Gasteiger partial charge in [-0.15, -0.1) is 0 Å². The van der Waals surface area contributed by atoms with E-state index in [2.05, 4.69) is 15.3 Å². The average molecular weight is 220 g/mol. The number of rotatable bonds is 4. The Morgan fingerprint density at radius 1 is 1.56 bits per heavy atom. The highest BCUT2D eigenvalue weighted by Crippen LogP contribution is 2.33. The number of nitrogens with one attached hydrogen (secondary N) is 1. The number of amides is 1. The second-order valence-electron chi connectivity index (χ2n) is 4.38. The summed E-state index contributed by atoms with van der Waals surface area (Å²) >= 11 is 0. The Hall–Kier alpha value is -1.65. The Morgan fingerprint density at radius 2 is 2.31 bits per heavy atom. The minimum Gasteiger partial charge on any atom is -0.382 e. The van der Waals surface area contributed by atoms with Gasteiger partial charge in [0.25, 0.3) is 5.91 Å². The lowest BCUT2D eigenvalue weighted by atomic mass is 10.1. The first-order chi connectivity index (χ1) is 7.65. The fourth-order valence-electron chi connectivity index (χ4n) is 1.67. The number of carbonyl (C=O) groups excluding carboxylic acids is 1. The van der Waals surface area contributed by atoms with Crippen LogP contribution < -0.4 is 11.1 Å². The molecule has 5 heteroatoms. The number of nitrogen functional groups attached to an aromatic ring is 1. The zero-order valence-electron chi connectivity index (χ0n) is 9.31. The number of anilines is 1. The van der Waals surface area contributed by atoms with E-state index in [-0.39, 0.29) is 11.9 Å². The molecule has 0 radical (unpaired) electrons. The van der Waals surface area contributed by atoms with Crippen LogP contribution in [-0.4, -0.2) is 21.9 Å². The maximum absolute atomic E-state index is 11.7. The van der Waals surface area contributed by atoms with E-state index in [1.165, 1.54) is 25.2 Å². The molecule has 1 atom stereocenters. The van der Waals surface area contributed by atoms with Crippen molar-refractivity contribution >= 4 is 11.7 Å². The van der Waals surface area contributed by atoms with Gasteiger partial charge >= 0.3 is 0 Å². The number of hydrogen-bond donors (Lipinski definition) is 2. The minimum atomic E-state index is -0.180. The summed E-state index contributed by atoms with van der Waals surface area (Å²) in [6.45, 7) is 2.01. The van der Waals surface area contributed by atoms with Crippen LogP contribution in [0.1, 0.15) is 36.7 Å². The van der Waals surface area contributed by atoms with Crippen molar-refractivity contribution in [2.24, 2.45) is 5.92 Å². The van der Waals surface area contributed by atoms with E-state index in [0.29, 0.717) is 11.5 Å². The SMILES string of the molecule is CC(CC1CC1)NC(=O)c1cnc(N)cn1. The zero-order chi connectivity index (χ0) is 11.5. The fraction of sp³-hybridized carbons (Fsp3) is 0.545. The van der Waals surface area contributed by atoms with E-state index >= 15 is 0 Å². The number of aromatic nitrogens is 2. The summed E-state index contributed by atoms with van der Waals surface area (Å²) in [5.41, 5.74) is 5.71. The maximum Gasteiger partial charge on any atom is 0.271 e. The molecule has 0 bridgehead atoms. The lowest BCUT2D eigenvalue weighted by Gasteiger charge is -2.12. The van der Waals surface area contributed by atoms with Crippen molar-refractivity contribution < 1.29 is 4.79 Å². The molecule has 0 saturated heterocycles. The Balaban J connectivity index is 1.88. The largest absolute Gasteiger partial charge is 0.382 e. The van der Waals surface area contributed by atoms with Gasteiger partial charge < -0.3 is 11.1 Å². The molecule has 16 heavy (non-hydrogen) atoms. The van der Waals surface area contributed by atoms with Crippen LogP contribution in [0.15, 0.2) is 12.4 Å². The van der Waals surface area contributed by atoms with E-state index in [1.807, 2.05) is 6.92 Å². The molecule has 1 unspecified atom stereocenters. The first-order valence-corrected chi connectivity index (χ1v) is 5.53. The minimum absolute atomic E-state index is 0.180. The highest BCUT2D eigenvalue weighted by Gasteiger charge is 2.24. The Kier molecular flexibility index (Phi) is 3.03. The number of nitrogens with zero attached hydrogens (tertiary/aromatic N) is 2. The lowest BCUT2D eigenvalue weighted by molar-refractivity contribution is 0.0932. The zero-order valence-corrected chi connectivity index (χ0v) is 9.31. The van der Waals surface area contributed by atoms with E-state index < -0.39 is 0 Å². The molecule has 3 N–H and O–H groups in total. The van der Waals surface area contributed by atoms with Gasteiger partial charge in [0.15, 0.2) is 0 Å². The predicted octanol–water partition coefficient (Wildman–Crippen LogP) is 0.977. The molecule has 1 aliphatic carbocycles. The van der Waals surface area contributed by atoms with Gasteiger partial charge in [-0.3, -0.25) is 4.79 Å². The third-order valence-electron chi connectivity index (χ3n) is 2.67. The topological polar surface area (TPSA) is 80.9 Å². The highest BCUT2D eigenvalue weighted by atomic mass is 16.1. The van der Waals surface area contributed by atoms with Gasteiger partial charge in [0.05, 0.1) is 12.4 Å². The van der Waals surface area contributed by atoms with Crippen LogP contribution in [0.2, 0.25) is 0 Å². The quantitative estimate of drug-likeness (QED) is 0.792. The molecular formula is C11H16N4O. The highest BCUT2D eigenvalue weighted by molar-refractivity contribution is 5.92. The van der Waals surface area contributed by atoms with Gasteiger partial charge in [-0.2, -0.15) is 0 Å². The van der Waals surface area contributed by atoms with Crippen LogP contribution in [0.4, 0.5) is 5.82 Å². The monoisotopic (exact) mass is 220 g/mol. The molecule has 0 spiro atoms. The van der Waals surface area contributed by atoms with Crippen LogP contribution in [0.25, 0.3) is 0 Å². The molecule has 1 heterocycles. The normalized spacial score (nSPS) is 16.8. The average Bonchev–Trinajstić information content (AvgIpc) is 3.02. The molecule has 1 amide bonds. The molecule has 0 aliphatic heterocycles. The lowest BCUT2D eigenvalue weighted by Crippen LogP contribution is -2.33. The van der Waals surface area contributed by atoms with Gasteiger partial charge in [0, 0.05) is 6.04 Å². The molecular weight excluding hydrogens is 204 g/mol. The Bertz CT molecular complexity index is 372. The summed E-state index contributed by atoms with van der Waals surface area (Å²) in [7, 11) is 0. The molecule has 1 fully saturated rings. The standard InChI is InChI=1S/C11H16N4O/c1-7(4-8-2-3-8)15-11(16)9-5-14-10(12)6-13-9/h5-8H,2-4H2,1H3,(H2,12,14)(H,15,16). The molecule has 0 aromatic carbocycles. The Morgan fingerprint density at radius 3 is 2.88 bits per heavy atom. The van der Waals surface area contributed by atoms with E-state index in [4.69, 9.17) is 5.73 Å². The van der Waals surface area contributed by atoms with Crippen molar-refractivity contribution in [3.8, 4) is 0 Å². The summed E-state index contributed by atoms with van der Waals surface area (Å²) in [6, 6.07) is 0.194.